The summed E-state index contributed by atoms with van der Waals surface area (Å²) in [6.07, 6.45) is 1.51. The lowest BCUT2D eigenvalue weighted by atomic mass is 9.95. The van der Waals surface area contributed by atoms with Gasteiger partial charge in [0.15, 0.2) is 6.04 Å². The minimum atomic E-state index is -0.224. The van der Waals surface area contributed by atoms with Gasteiger partial charge in [-0.25, -0.2) is 0 Å². The number of carbonyl (C=O) groups excluding carboxylic acids is 2. The summed E-state index contributed by atoms with van der Waals surface area (Å²) in [5.41, 5.74) is 6.23. The summed E-state index contributed by atoms with van der Waals surface area (Å²) >= 11 is 1.63. The van der Waals surface area contributed by atoms with Crippen LogP contribution in [0.1, 0.15) is 19.8 Å². The van der Waals surface area contributed by atoms with Crippen molar-refractivity contribution in [3.63, 3.8) is 0 Å². The molecule has 1 atom stereocenters. The van der Waals surface area contributed by atoms with Gasteiger partial charge in [-0.3, -0.25) is 9.59 Å². The average Bonchev–Trinajstić information content (AvgIpc) is 2.69. The van der Waals surface area contributed by atoms with E-state index in [1.165, 1.54) is 4.90 Å². The summed E-state index contributed by atoms with van der Waals surface area (Å²) in [5, 5.41) is 3.09. The molecule has 0 unspecified atom stereocenters. The van der Waals surface area contributed by atoms with Gasteiger partial charge in [0.2, 0.25) is 5.91 Å². The van der Waals surface area contributed by atoms with Crippen LogP contribution in [-0.4, -0.2) is 30.9 Å². The molecule has 0 bridgehead atoms. The predicted molar refractivity (Wildman–Crippen MR) is 108 cm³/mol. The van der Waals surface area contributed by atoms with Crippen molar-refractivity contribution < 1.29 is 14.5 Å². The first kappa shape index (κ1) is 19.5. The van der Waals surface area contributed by atoms with E-state index in [0.29, 0.717) is 0 Å². The number of rotatable bonds is 6. The standard InChI is InChI=1S/C21H25N3O2S/c1-15(24-13-11-16(12-14-24)20(22)25)21(26)23-18-9-5-6-10-19(18)27-17-7-3-2-4-8-17/h2-10,15-16H,11-14H2,1H3,(H2,22,25)(H,23,26)/p+1/t15-/m1/s1. The third-order valence-corrected chi connectivity index (χ3v) is 6.24. The maximum Gasteiger partial charge on any atom is 0.282 e. The van der Waals surface area contributed by atoms with Crippen LogP contribution >= 0.6 is 11.8 Å². The Morgan fingerprint density at radius 1 is 1.07 bits per heavy atom. The molecule has 5 nitrogen and oxygen atoms in total. The Labute approximate surface area is 164 Å². The Morgan fingerprint density at radius 2 is 1.70 bits per heavy atom. The fourth-order valence-electron chi connectivity index (χ4n) is 3.41. The molecule has 27 heavy (non-hydrogen) atoms. The van der Waals surface area contributed by atoms with Gasteiger partial charge >= 0.3 is 0 Å². The molecule has 3 rings (SSSR count). The van der Waals surface area contributed by atoms with Crippen molar-refractivity contribution >= 4 is 29.3 Å². The zero-order valence-electron chi connectivity index (χ0n) is 15.5. The molecule has 1 heterocycles. The van der Waals surface area contributed by atoms with Crippen LogP contribution in [0.5, 0.6) is 0 Å². The lowest BCUT2D eigenvalue weighted by molar-refractivity contribution is -0.919. The number of nitrogens with one attached hydrogen (secondary N) is 2. The van der Waals surface area contributed by atoms with Crippen molar-refractivity contribution in [2.24, 2.45) is 11.7 Å². The minimum absolute atomic E-state index is 0.00337. The minimum Gasteiger partial charge on any atom is -0.369 e. The first-order valence-corrected chi connectivity index (χ1v) is 10.1. The second-order valence-corrected chi connectivity index (χ2v) is 8.07. The summed E-state index contributed by atoms with van der Waals surface area (Å²) < 4.78 is 0. The number of anilines is 1. The van der Waals surface area contributed by atoms with E-state index in [9.17, 15) is 9.59 Å². The Balaban J connectivity index is 1.63. The summed E-state index contributed by atoms with van der Waals surface area (Å²) in [6, 6.07) is 17.8. The van der Waals surface area contributed by atoms with Gasteiger partial charge < -0.3 is 16.0 Å². The number of likely N-dealkylation sites (tertiary alicyclic amines) is 1. The number of quaternary nitrogens is 1. The molecular weight excluding hydrogens is 358 g/mol. The van der Waals surface area contributed by atoms with Crippen LogP contribution in [0.15, 0.2) is 64.4 Å². The Kier molecular flexibility index (Phi) is 6.53. The van der Waals surface area contributed by atoms with E-state index >= 15 is 0 Å². The third kappa shape index (κ3) is 5.11. The van der Waals surface area contributed by atoms with Gasteiger partial charge in [-0.2, -0.15) is 0 Å². The number of hydrogen-bond acceptors (Lipinski definition) is 3. The van der Waals surface area contributed by atoms with Gasteiger partial charge in [0.1, 0.15) is 0 Å². The molecular formula is C21H26N3O2S+. The molecule has 6 heteroatoms. The number of carbonyl (C=O) groups is 2. The quantitative estimate of drug-likeness (QED) is 0.712. The molecule has 0 aliphatic carbocycles. The average molecular weight is 385 g/mol. The highest BCUT2D eigenvalue weighted by atomic mass is 32.2. The lowest BCUT2D eigenvalue weighted by Crippen LogP contribution is -3.17. The Hall–Kier alpha value is -2.31. The molecule has 1 fully saturated rings. The molecule has 2 aromatic rings. The molecule has 0 spiro atoms. The second kappa shape index (κ2) is 9.06. The number of amides is 2. The molecule has 1 aliphatic rings. The van der Waals surface area contributed by atoms with Crippen molar-refractivity contribution in [3.05, 3.63) is 54.6 Å². The molecule has 1 saturated heterocycles. The van der Waals surface area contributed by atoms with E-state index < -0.39 is 0 Å². The number of piperidine rings is 1. The Morgan fingerprint density at radius 3 is 2.37 bits per heavy atom. The smallest absolute Gasteiger partial charge is 0.282 e. The van der Waals surface area contributed by atoms with Crippen LogP contribution in [-0.2, 0) is 9.59 Å². The van der Waals surface area contributed by atoms with E-state index in [0.717, 1.165) is 41.4 Å². The van der Waals surface area contributed by atoms with Crippen molar-refractivity contribution in [1.29, 1.82) is 0 Å². The first-order chi connectivity index (χ1) is 13.0. The molecule has 2 amide bonds. The van der Waals surface area contributed by atoms with Gasteiger partial charge in [0, 0.05) is 28.6 Å². The highest BCUT2D eigenvalue weighted by molar-refractivity contribution is 7.99. The van der Waals surface area contributed by atoms with Crippen LogP contribution in [0.4, 0.5) is 5.69 Å². The number of benzene rings is 2. The third-order valence-electron chi connectivity index (χ3n) is 5.15. The lowest BCUT2D eigenvalue weighted by Gasteiger charge is -2.31. The topological polar surface area (TPSA) is 76.6 Å². The number of nitrogens with two attached hydrogens (primary N) is 1. The van der Waals surface area contributed by atoms with Crippen molar-refractivity contribution in [3.8, 4) is 0 Å². The highest BCUT2D eigenvalue weighted by Crippen LogP contribution is 2.33. The van der Waals surface area contributed by atoms with Gasteiger partial charge in [-0.1, -0.05) is 42.1 Å². The number of hydrogen-bond donors (Lipinski definition) is 3. The summed E-state index contributed by atoms with van der Waals surface area (Å²) in [5.74, 6) is -0.270. The zero-order valence-corrected chi connectivity index (χ0v) is 16.3. The van der Waals surface area contributed by atoms with E-state index in [2.05, 4.69) is 17.4 Å². The van der Waals surface area contributed by atoms with Crippen molar-refractivity contribution in [2.45, 2.75) is 35.6 Å². The molecule has 0 saturated carbocycles. The molecule has 0 radical (unpaired) electrons. The second-order valence-electron chi connectivity index (χ2n) is 6.96. The monoisotopic (exact) mass is 384 g/mol. The predicted octanol–water partition coefficient (Wildman–Crippen LogP) is 1.94. The Bertz CT molecular complexity index is 789. The highest BCUT2D eigenvalue weighted by Gasteiger charge is 2.32. The summed E-state index contributed by atoms with van der Waals surface area (Å²) in [6.45, 7) is 3.54. The number of primary amides is 1. The van der Waals surface area contributed by atoms with Gasteiger partial charge in [0.05, 0.1) is 18.8 Å². The van der Waals surface area contributed by atoms with E-state index in [1.54, 1.807) is 11.8 Å². The van der Waals surface area contributed by atoms with Crippen molar-refractivity contribution in [2.75, 3.05) is 18.4 Å². The first-order valence-electron chi connectivity index (χ1n) is 9.31. The molecule has 142 valence electrons. The summed E-state index contributed by atoms with van der Waals surface area (Å²) in [4.78, 5) is 27.5. The largest absolute Gasteiger partial charge is 0.369 e. The van der Waals surface area contributed by atoms with Gasteiger partial charge in [-0.15, -0.1) is 0 Å². The van der Waals surface area contributed by atoms with Gasteiger partial charge in [-0.05, 0) is 31.2 Å². The van der Waals surface area contributed by atoms with Crippen molar-refractivity contribution in [1.82, 2.24) is 0 Å². The zero-order chi connectivity index (χ0) is 19.2. The van der Waals surface area contributed by atoms with Crippen LogP contribution < -0.4 is 16.0 Å². The van der Waals surface area contributed by atoms with Crippen LogP contribution in [0.3, 0.4) is 0 Å². The molecule has 4 N–H and O–H groups in total. The summed E-state index contributed by atoms with van der Waals surface area (Å²) in [7, 11) is 0. The molecule has 0 aromatic heterocycles. The maximum absolute atomic E-state index is 12.8. The van der Waals surface area contributed by atoms with E-state index in [4.69, 9.17) is 5.73 Å². The fourth-order valence-corrected chi connectivity index (χ4v) is 4.33. The van der Waals surface area contributed by atoms with E-state index in [-0.39, 0.29) is 23.8 Å². The van der Waals surface area contributed by atoms with E-state index in [1.807, 2.05) is 49.4 Å². The van der Waals surface area contributed by atoms with Crippen LogP contribution in [0.2, 0.25) is 0 Å². The van der Waals surface area contributed by atoms with Gasteiger partial charge in [0.25, 0.3) is 5.91 Å². The van der Waals surface area contributed by atoms with Crippen LogP contribution in [0, 0.1) is 5.92 Å². The molecule has 2 aromatic carbocycles. The molecule has 1 aliphatic heterocycles. The normalized spacial score (nSPS) is 20.6. The SMILES string of the molecule is C[C@H](C(=O)Nc1ccccc1Sc1ccccc1)[NH+]1CCC(C(N)=O)CC1. The number of para-hydroxylation sites is 1. The fraction of sp³-hybridized carbons (Fsp3) is 0.333. The maximum atomic E-state index is 12.8. The van der Waals surface area contributed by atoms with Crippen LogP contribution in [0.25, 0.3) is 0 Å².